The van der Waals surface area contributed by atoms with Crippen LogP contribution in [0, 0.1) is 5.41 Å². The van der Waals surface area contributed by atoms with Gasteiger partial charge in [-0.15, -0.1) is 6.58 Å². The number of H-pyrrole nitrogens is 1. The number of aromatic amines is 1. The van der Waals surface area contributed by atoms with Crippen LogP contribution in [-0.4, -0.2) is 33.6 Å². The minimum atomic E-state index is -0.314. The van der Waals surface area contributed by atoms with E-state index in [1.54, 1.807) is 4.57 Å². The highest BCUT2D eigenvalue weighted by Crippen LogP contribution is 2.25. The van der Waals surface area contributed by atoms with E-state index < -0.39 is 0 Å². The first-order chi connectivity index (χ1) is 15.2. The summed E-state index contributed by atoms with van der Waals surface area (Å²) in [5.41, 5.74) is 8.49. The molecule has 3 rings (SSSR count). The van der Waals surface area contributed by atoms with E-state index in [0.717, 1.165) is 41.7 Å². The Labute approximate surface area is 188 Å². The molecule has 0 saturated carbocycles. The van der Waals surface area contributed by atoms with Crippen LogP contribution in [0.3, 0.4) is 0 Å². The van der Waals surface area contributed by atoms with Crippen molar-refractivity contribution in [2.75, 3.05) is 13.1 Å². The second kappa shape index (κ2) is 9.82. The predicted molar refractivity (Wildman–Crippen MR) is 130 cm³/mol. The predicted octanol–water partition coefficient (Wildman–Crippen LogP) is 3.09. The number of aromatic nitrogens is 3. The summed E-state index contributed by atoms with van der Waals surface area (Å²) < 4.78 is 1.58. The lowest BCUT2D eigenvalue weighted by atomic mass is 9.92. The van der Waals surface area contributed by atoms with Crippen molar-refractivity contribution >= 4 is 17.0 Å². The lowest BCUT2D eigenvalue weighted by Crippen LogP contribution is -2.33. The summed E-state index contributed by atoms with van der Waals surface area (Å²) in [5.74, 6) is -0.0135. The lowest BCUT2D eigenvalue weighted by Gasteiger charge is -2.18. The van der Waals surface area contributed by atoms with E-state index in [1.807, 2.05) is 36.5 Å². The topological polar surface area (TPSA) is 125 Å². The first-order valence-corrected chi connectivity index (χ1v) is 10.8. The van der Waals surface area contributed by atoms with Gasteiger partial charge >= 0.3 is 5.69 Å². The quantitative estimate of drug-likeness (QED) is 0.153. The van der Waals surface area contributed by atoms with Crippen LogP contribution in [0.2, 0.25) is 0 Å². The third kappa shape index (κ3) is 5.64. The molecule has 0 bridgehead atoms. The van der Waals surface area contributed by atoms with E-state index in [1.165, 1.54) is 0 Å². The molecule has 0 aliphatic heterocycles. The summed E-state index contributed by atoms with van der Waals surface area (Å²) in [6, 6.07) is 10.1. The van der Waals surface area contributed by atoms with Gasteiger partial charge in [0, 0.05) is 35.3 Å². The maximum atomic E-state index is 12.6. The Balaban J connectivity index is 1.78. The monoisotopic (exact) mass is 435 g/mol. The number of guanidine groups is 1. The molecule has 1 aromatic carbocycles. The van der Waals surface area contributed by atoms with Gasteiger partial charge in [0.25, 0.3) is 0 Å². The van der Waals surface area contributed by atoms with Crippen LogP contribution in [0.5, 0.6) is 0 Å². The van der Waals surface area contributed by atoms with Crippen LogP contribution in [0.15, 0.2) is 54.0 Å². The number of hydrogen-bond donors (Lipinski definition) is 5. The van der Waals surface area contributed by atoms with E-state index in [0.29, 0.717) is 12.2 Å². The molecule has 1 atom stereocenters. The molecule has 0 fully saturated rings. The van der Waals surface area contributed by atoms with Crippen LogP contribution in [-0.2, 0) is 5.41 Å². The van der Waals surface area contributed by atoms with Crippen molar-refractivity contribution in [2.24, 2.45) is 5.73 Å². The van der Waals surface area contributed by atoms with Gasteiger partial charge < -0.3 is 21.4 Å². The zero-order valence-corrected chi connectivity index (χ0v) is 19.0. The lowest BCUT2D eigenvalue weighted by molar-refractivity contribution is 0.525. The zero-order valence-electron chi connectivity index (χ0n) is 19.0. The molecule has 0 amide bonds. The highest BCUT2D eigenvalue weighted by atomic mass is 16.1. The molecule has 6 N–H and O–H groups in total. The van der Waals surface area contributed by atoms with Crippen LogP contribution >= 0.6 is 0 Å². The minimum Gasteiger partial charge on any atom is -0.370 e. The molecular formula is C24H33N7O. The van der Waals surface area contributed by atoms with Crippen molar-refractivity contribution in [3.63, 3.8) is 0 Å². The van der Waals surface area contributed by atoms with Crippen molar-refractivity contribution < 1.29 is 0 Å². The van der Waals surface area contributed by atoms with Crippen molar-refractivity contribution in [1.82, 2.24) is 25.2 Å². The molecule has 0 spiro atoms. The first-order valence-electron chi connectivity index (χ1n) is 10.8. The molecule has 8 nitrogen and oxygen atoms in total. The van der Waals surface area contributed by atoms with Gasteiger partial charge in [0.05, 0.1) is 5.69 Å². The van der Waals surface area contributed by atoms with Gasteiger partial charge in [-0.05, 0) is 43.1 Å². The zero-order chi connectivity index (χ0) is 23.3. The summed E-state index contributed by atoms with van der Waals surface area (Å²) in [4.78, 5) is 20.1. The molecule has 0 radical (unpaired) electrons. The Bertz CT molecular complexity index is 1140. The SMILES string of the molecule is C=CC[C@H](NCCCNC(=N)N)c1ccc(-n2cc3cc(C(C)(C)C)[nH]c3nc2=O)cc1. The summed E-state index contributed by atoms with van der Waals surface area (Å²) >= 11 is 0. The molecule has 0 aliphatic rings. The van der Waals surface area contributed by atoms with Crippen molar-refractivity contribution in [3.05, 3.63) is 70.9 Å². The van der Waals surface area contributed by atoms with Gasteiger partial charge in [-0.1, -0.05) is 39.0 Å². The summed E-state index contributed by atoms with van der Waals surface area (Å²) in [6.07, 6.45) is 5.36. The normalized spacial score (nSPS) is 12.6. The maximum absolute atomic E-state index is 12.6. The van der Waals surface area contributed by atoms with Crippen LogP contribution < -0.4 is 22.1 Å². The van der Waals surface area contributed by atoms with Crippen molar-refractivity contribution in [2.45, 2.75) is 45.1 Å². The Morgan fingerprint density at radius 2 is 2.03 bits per heavy atom. The molecule has 2 aromatic heterocycles. The Kier molecular flexibility index (Phi) is 7.15. The van der Waals surface area contributed by atoms with Crippen LogP contribution in [0.4, 0.5) is 0 Å². The average molecular weight is 436 g/mol. The second-order valence-corrected chi connectivity index (χ2v) is 8.95. The van der Waals surface area contributed by atoms with E-state index in [2.05, 4.69) is 54.0 Å². The standard InChI is InChI=1S/C24H33N7O/c1-5-7-19(27-12-6-13-28-22(25)26)16-8-10-18(11-9-16)31-15-17-14-20(24(2,3)4)29-21(17)30-23(31)32/h5,8-11,14-15,19,27H,1,6-7,12-13H2,2-4H3,(H4,25,26,28)(H,29,30,32)/t19-/m0/s1. The molecule has 3 aromatic rings. The van der Waals surface area contributed by atoms with Gasteiger partial charge in [0.15, 0.2) is 5.96 Å². The van der Waals surface area contributed by atoms with Gasteiger partial charge in [0.1, 0.15) is 5.65 Å². The Morgan fingerprint density at radius 1 is 1.31 bits per heavy atom. The van der Waals surface area contributed by atoms with E-state index in [4.69, 9.17) is 11.1 Å². The third-order valence-electron chi connectivity index (χ3n) is 5.35. The Hall–Kier alpha value is -3.39. The summed E-state index contributed by atoms with van der Waals surface area (Å²) in [6.45, 7) is 11.7. The summed E-state index contributed by atoms with van der Waals surface area (Å²) in [7, 11) is 0. The van der Waals surface area contributed by atoms with E-state index >= 15 is 0 Å². The number of rotatable bonds is 9. The number of fused-ring (bicyclic) bond motifs is 1. The van der Waals surface area contributed by atoms with E-state index in [9.17, 15) is 4.79 Å². The maximum Gasteiger partial charge on any atom is 0.354 e. The van der Waals surface area contributed by atoms with Gasteiger partial charge in [-0.2, -0.15) is 4.98 Å². The summed E-state index contributed by atoms with van der Waals surface area (Å²) in [5, 5.41) is 14.4. The Morgan fingerprint density at radius 3 is 2.66 bits per heavy atom. The number of hydrogen-bond acceptors (Lipinski definition) is 4. The molecule has 0 saturated heterocycles. The van der Waals surface area contributed by atoms with Crippen molar-refractivity contribution in [3.8, 4) is 5.69 Å². The van der Waals surface area contributed by atoms with Crippen LogP contribution in [0.1, 0.15) is 50.9 Å². The highest BCUT2D eigenvalue weighted by molar-refractivity contribution is 5.76. The van der Waals surface area contributed by atoms with Crippen molar-refractivity contribution in [1.29, 1.82) is 5.41 Å². The number of nitrogens with zero attached hydrogens (tertiary/aromatic N) is 2. The fourth-order valence-electron chi connectivity index (χ4n) is 3.54. The first kappa shape index (κ1) is 23.3. The third-order valence-corrected chi connectivity index (χ3v) is 5.35. The van der Waals surface area contributed by atoms with E-state index in [-0.39, 0.29) is 23.1 Å². The number of nitrogens with two attached hydrogens (primary N) is 1. The minimum absolute atomic E-state index is 0.0135. The second-order valence-electron chi connectivity index (χ2n) is 8.95. The fraction of sp³-hybridized carbons (Fsp3) is 0.375. The molecule has 170 valence electrons. The molecule has 8 heteroatoms. The van der Waals surface area contributed by atoms with Gasteiger partial charge in [-0.3, -0.25) is 9.98 Å². The molecule has 32 heavy (non-hydrogen) atoms. The molecular weight excluding hydrogens is 402 g/mol. The fourth-order valence-corrected chi connectivity index (χ4v) is 3.54. The largest absolute Gasteiger partial charge is 0.370 e. The average Bonchev–Trinajstić information content (AvgIpc) is 3.15. The van der Waals surface area contributed by atoms with Crippen LogP contribution in [0.25, 0.3) is 16.7 Å². The molecule has 2 heterocycles. The van der Waals surface area contributed by atoms with Gasteiger partial charge in [-0.25, -0.2) is 4.79 Å². The number of benzene rings is 1. The highest BCUT2D eigenvalue weighted by Gasteiger charge is 2.18. The van der Waals surface area contributed by atoms with Gasteiger partial charge in [0.2, 0.25) is 0 Å². The smallest absolute Gasteiger partial charge is 0.354 e. The molecule has 0 aliphatic carbocycles. The molecule has 0 unspecified atom stereocenters. The number of nitrogens with one attached hydrogen (secondary N) is 4.